The van der Waals surface area contributed by atoms with E-state index in [0.717, 1.165) is 12.5 Å². The highest BCUT2D eigenvalue weighted by atomic mass is 32.5. The minimum absolute atomic E-state index is 0.00178. The van der Waals surface area contributed by atoms with Gasteiger partial charge < -0.3 is 4.52 Å². The van der Waals surface area contributed by atoms with Gasteiger partial charge in [-0.3, -0.25) is 18.4 Å². The van der Waals surface area contributed by atoms with E-state index in [-0.39, 0.29) is 12.5 Å². The summed E-state index contributed by atoms with van der Waals surface area (Å²) in [7, 11) is 1.54. The van der Waals surface area contributed by atoms with Crippen molar-refractivity contribution in [3.63, 3.8) is 0 Å². The molecule has 0 aliphatic heterocycles. The van der Waals surface area contributed by atoms with Crippen LogP contribution in [0.3, 0.4) is 0 Å². The molecule has 11 heteroatoms. The second-order valence-corrected chi connectivity index (χ2v) is 7.44. The quantitative estimate of drug-likeness (QED) is 0.652. The summed E-state index contributed by atoms with van der Waals surface area (Å²) in [6, 6.07) is 1.04. The Bertz CT molecular complexity index is 636. The van der Waals surface area contributed by atoms with E-state index >= 15 is 0 Å². The fourth-order valence-electron chi connectivity index (χ4n) is 1.57. The maximum absolute atomic E-state index is 12.3. The fourth-order valence-corrected chi connectivity index (χ4v) is 3.40. The zero-order valence-electron chi connectivity index (χ0n) is 12.9. The molecule has 0 saturated heterocycles. The van der Waals surface area contributed by atoms with Gasteiger partial charge in [-0.1, -0.05) is 6.92 Å². The Labute approximate surface area is 136 Å². The number of aryl methyl sites for hydroxylation is 1. The van der Waals surface area contributed by atoms with E-state index in [4.69, 9.17) is 20.9 Å². The van der Waals surface area contributed by atoms with E-state index in [1.54, 1.807) is 14.0 Å². The summed E-state index contributed by atoms with van der Waals surface area (Å²) in [4.78, 5) is 16.0. The van der Waals surface area contributed by atoms with Crippen LogP contribution in [0.4, 0.5) is 13.2 Å². The van der Waals surface area contributed by atoms with Crippen molar-refractivity contribution >= 4 is 18.5 Å². The fraction of sp³-hybridized carbons (Fsp3) is 0.667. The van der Waals surface area contributed by atoms with E-state index in [1.165, 1.54) is 4.57 Å². The molecular formula is C12H18F3N2O4PS. The van der Waals surface area contributed by atoms with Gasteiger partial charge in [-0.15, -0.1) is 0 Å². The third-order valence-corrected chi connectivity index (χ3v) is 4.84. The Morgan fingerprint density at radius 1 is 1.35 bits per heavy atom. The molecular weight excluding hydrogens is 356 g/mol. The highest BCUT2D eigenvalue weighted by molar-refractivity contribution is 8.07. The molecule has 0 saturated carbocycles. The standard InChI is InChI=1S/C12H18F3N2O4PS/c1-4-6-9-16-10(7-11(18)17(9)3)21-22(23,19-5-2)20-8-12(13,14)15/h7H,4-6,8H2,1-3H3. The molecule has 0 bridgehead atoms. The molecule has 0 N–H and O–H groups in total. The molecule has 0 aliphatic carbocycles. The van der Waals surface area contributed by atoms with Crippen LogP contribution in [-0.4, -0.2) is 28.9 Å². The minimum atomic E-state index is -4.57. The van der Waals surface area contributed by atoms with Gasteiger partial charge >= 0.3 is 12.9 Å². The summed E-state index contributed by atoms with van der Waals surface area (Å²) in [6.07, 6.45) is -3.34. The Morgan fingerprint density at radius 2 is 2.00 bits per heavy atom. The van der Waals surface area contributed by atoms with Crippen LogP contribution in [0.2, 0.25) is 0 Å². The van der Waals surface area contributed by atoms with Crippen molar-refractivity contribution in [1.29, 1.82) is 0 Å². The van der Waals surface area contributed by atoms with Gasteiger partial charge in [-0.25, -0.2) is 0 Å². The molecule has 0 spiro atoms. The van der Waals surface area contributed by atoms with Crippen LogP contribution in [0.1, 0.15) is 26.1 Å². The lowest BCUT2D eigenvalue weighted by Gasteiger charge is -2.22. The minimum Gasteiger partial charge on any atom is -0.405 e. The maximum Gasteiger partial charge on any atom is 0.412 e. The summed E-state index contributed by atoms with van der Waals surface area (Å²) in [5, 5.41) is 0. The molecule has 1 aromatic heterocycles. The van der Waals surface area contributed by atoms with Crippen molar-refractivity contribution < 1.29 is 26.7 Å². The Balaban J connectivity index is 3.04. The van der Waals surface area contributed by atoms with Gasteiger partial charge in [0.05, 0.1) is 12.7 Å². The maximum atomic E-state index is 12.3. The van der Waals surface area contributed by atoms with E-state index in [1.807, 2.05) is 6.92 Å². The highest BCUT2D eigenvalue weighted by Crippen LogP contribution is 2.50. The smallest absolute Gasteiger partial charge is 0.405 e. The number of aromatic nitrogens is 2. The summed E-state index contributed by atoms with van der Waals surface area (Å²) in [5.74, 6) is 0.236. The Hall–Kier alpha value is -0.960. The zero-order chi connectivity index (χ0) is 17.7. The second kappa shape index (κ2) is 8.23. The number of rotatable bonds is 8. The predicted octanol–water partition coefficient (Wildman–Crippen LogP) is 2.95. The second-order valence-electron chi connectivity index (χ2n) is 4.50. The van der Waals surface area contributed by atoms with Crippen molar-refractivity contribution in [2.75, 3.05) is 13.2 Å². The molecule has 0 radical (unpaired) electrons. The van der Waals surface area contributed by atoms with E-state index in [9.17, 15) is 18.0 Å². The number of nitrogens with zero attached hydrogens (tertiary/aromatic N) is 2. The zero-order valence-corrected chi connectivity index (χ0v) is 14.6. The van der Waals surface area contributed by atoms with Crippen LogP contribution in [0.25, 0.3) is 0 Å². The van der Waals surface area contributed by atoms with Crippen LogP contribution in [0.15, 0.2) is 10.9 Å². The lowest BCUT2D eigenvalue weighted by atomic mass is 10.3. The normalized spacial score (nSPS) is 14.5. The van der Waals surface area contributed by atoms with Crippen molar-refractivity contribution in [2.45, 2.75) is 32.9 Å². The van der Waals surface area contributed by atoms with E-state index < -0.39 is 25.1 Å². The first kappa shape index (κ1) is 20.1. The molecule has 0 amide bonds. The summed E-state index contributed by atoms with van der Waals surface area (Å²) < 4.78 is 53.1. The van der Waals surface area contributed by atoms with Crippen molar-refractivity contribution in [3.05, 3.63) is 22.2 Å². The van der Waals surface area contributed by atoms with Gasteiger partial charge in [0, 0.05) is 25.3 Å². The van der Waals surface area contributed by atoms with E-state index in [2.05, 4.69) is 9.51 Å². The van der Waals surface area contributed by atoms with Gasteiger partial charge in [0.1, 0.15) is 5.82 Å². The predicted molar refractivity (Wildman–Crippen MR) is 82.0 cm³/mol. The third kappa shape index (κ3) is 6.58. The number of hydrogen-bond acceptors (Lipinski definition) is 6. The van der Waals surface area contributed by atoms with Crippen LogP contribution in [-0.2, 0) is 34.3 Å². The lowest BCUT2D eigenvalue weighted by molar-refractivity contribution is -0.155. The van der Waals surface area contributed by atoms with Gasteiger partial charge in [-0.05, 0) is 13.3 Å². The van der Waals surface area contributed by atoms with E-state index in [0.29, 0.717) is 12.2 Å². The summed E-state index contributed by atoms with van der Waals surface area (Å²) in [6.45, 7) is -1.86. The highest BCUT2D eigenvalue weighted by Gasteiger charge is 2.34. The first-order chi connectivity index (χ1) is 10.6. The van der Waals surface area contributed by atoms with Crippen LogP contribution >= 0.6 is 6.72 Å². The molecule has 0 aromatic carbocycles. The van der Waals surface area contributed by atoms with Crippen LogP contribution < -0.4 is 10.1 Å². The van der Waals surface area contributed by atoms with Crippen molar-refractivity contribution in [3.8, 4) is 5.88 Å². The lowest BCUT2D eigenvalue weighted by Crippen LogP contribution is -2.22. The third-order valence-electron chi connectivity index (χ3n) is 2.56. The first-order valence-electron chi connectivity index (χ1n) is 6.82. The molecule has 0 fully saturated rings. The first-order valence-corrected chi connectivity index (χ1v) is 9.38. The van der Waals surface area contributed by atoms with Crippen molar-refractivity contribution in [2.24, 2.45) is 7.05 Å². The molecule has 1 aromatic rings. The van der Waals surface area contributed by atoms with Gasteiger partial charge in [0.25, 0.3) is 5.56 Å². The molecule has 132 valence electrons. The number of halogens is 3. The Kier molecular flexibility index (Phi) is 7.19. The topological polar surface area (TPSA) is 62.6 Å². The van der Waals surface area contributed by atoms with Crippen LogP contribution in [0, 0.1) is 0 Å². The number of hydrogen-bond donors (Lipinski definition) is 0. The monoisotopic (exact) mass is 374 g/mol. The molecule has 1 unspecified atom stereocenters. The molecule has 23 heavy (non-hydrogen) atoms. The molecule has 1 heterocycles. The summed E-state index contributed by atoms with van der Waals surface area (Å²) in [5.41, 5.74) is -0.410. The van der Waals surface area contributed by atoms with Crippen LogP contribution in [0.5, 0.6) is 5.88 Å². The average Bonchev–Trinajstić information content (AvgIpc) is 2.42. The molecule has 6 nitrogen and oxygen atoms in total. The largest absolute Gasteiger partial charge is 0.412 e. The molecule has 1 rings (SSSR count). The number of alkyl halides is 3. The SMILES string of the molecule is CCCc1nc(OP(=S)(OCC)OCC(F)(F)F)cc(=O)n1C. The average molecular weight is 374 g/mol. The van der Waals surface area contributed by atoms with Gasteiger partial charge in [0.2, 0.25) is 5.88 Å². The molecule has 1 atom stereocenters. The molecule has 0 aliphatic rings. The van der Waals surface area contributed by atoms with Crippen molar-refractivity contribution in [1.82, 2.24) is 9.55 Å². The van der Waals surface area contributed by atoms with Gasteiger partial charge in [-0.2, -0.15) is 18.2 Å². The summed E-state index contributed by atoms with van der Waals surface area (Å²) >= 11 is 4.93. The Morgan fingerprint density at radius 3 is 2.52 bits per heavy atom. The van der Waals surface area contributed by atoms with Gasteiger partial charge in [0.15, 0.2) is 6.61 Å².